The Bertz CT molecular complexity index is 783. The second-order valence-corrected chi connectivity index (χ2v) is 6.69. The highest BCUT2D eigenvalue weighted by molar-refractivity contribution is 7.99. The first-order chi connectivity index (χ1) is 12.1. The normalized spacial score (nSPS) is 14.2. The highest BCUT2D eigenvalue weighted by atomic mass is 32.2. The second kappa shape index (κ2) is 7.56. The minimum absolute atomic E-state index is 0.0679. The summed E-state index contributed by atoms with van der Waals surface area (Å²) in [6, 6.07) is 7.62. The van der Waals surface area contributed by atoms with Crippen molar-refractivity contribution in [3.05, 3.63) is 46.3 Å². The number of anilines is 4. The number of benzene rings is 1. The number of pyridine rings is 1. The van der Waals surface area contributed by atoms with Crippen molar-refractivity contribution in [1.29, 1.82) is 0 Å². The van der Waals surface area contributed by atoms with Crippen LogP contribution in [0.3, 0.4) is 0 Å². The van der Waals surface area contributed by atoms with E-state index in [0.29, 0.717) is 17.2 Å². The molecule has 1 aromatic carbocycles. The van der Waals surface area contributed by atoms with Crippen LogP contribution in [0.1, 0.15) is 0 Å². The van der Waals surface area contributed by atoms with Crippen LogP contribution in [0.5, 0.6) is 0 Å². The third kappa shape index (κ3) is 3.93. The van der Waals surface area contributed by atoms with Gasteiger partial charge in [-0.25, -0.2) is 9.37 Å². The molecule has 2 aromatic rings. The van der Waals surface area contributed by atoms with Gasteiger partial charge in [-0.1, -0.05) is 0 Å². The second-order valence-electron chi connectivity index (χ2n) is 5.46. The fraction of sp³-hybridized carbons (Fsp3) is 0.312. The lowest BCUT2D eigenvalue weighted by Gasteiger charge is -2.28. The van der Waals surface area contributed by atoms with Gasteiger partial charge < -0.3 is 15.5 Å². The molecule has 1 saturated heterocycles. The monoisotopic (exact) mass is 363 g/mol. The smallest absolute Gasteiger partial charge is 0.311 e. The number of rotatable bonds is 5. The molecule has 0 bridgehead atoms. The maximum absolute atomic E-state index is 14.5. The largest absolute Gasteiger partial charge is 0.373 e. The van der Waals surface area contributed by atoms with E-state index >= 15 is 0 Å². The summed E-state index contributed by atoms with van der Waals surface area (Å²) in [5, 5.41) is 16.8. The minimum Gasteiger partial charge on any atom is -0.373 e. The van der Waals surface area contributed by atoms with Gasteiger partial charge in [-0.2, -0.15) is 11.8 Å². The molecule has 7 nitrogen and oxygen atoms in total. The van der Waals surface area contributed by atoms with Gasteiger partial charge in [-0.05, 0) is 24.3 Å². The molecule has 132 valence electrons. The summed E-state index contributed by atoms with van der Waals surface area (Å²) in [7, 11) is 1.67. The molecule has 2 heterocycles. The highest BCUT2D eigenvalue weighted by Crippen LogP contribution is 2.30. The third-order valence-electron chi connectivity index (χ3n) is 3.89. The molecule has 1 aliphatic heterocycles. The third-order valence-corrected chi connectivity index (χ3v) is 4.83. The molecular formula is C16H18FN5O2S. The average molecular weight is 363 g/mol. The number of thioether (sulfide) groups is 1. The van der Waals surface area contributed by atoms with E-state index in [0.717, 1.165) is 24.6 Å². The summed E-state index contributed by atoms with van der Waals surface area (Å²) in [4.78, 5) is 16.8. The van der Waals surface area contributed by atoms with E-state index in [1.165, 1.54) is 18.2 Å². The molecule has 2 N–H and O–H groups in total. The molecular weight excluding hydrogens is 345 g/mol. The van der Waals surface area contributed by atoms with Crippen molar-refractivity contribution in [2.24, 2.45) is 0 Å². The van der Waals surface area contributed by atoms with E-state index in [-0.39, 0.29) is 17.3 Å². The van der Waals surface area contributed by atoms with Crippen molar-refractivity contribution in [2.75, 3.05) is 47.2 Å². The fourth-order valence-corrected chi connectivity index (χ4v) is 3.52. The molecule has 0 atom stereocenters. The van der Waals surface area contributed by atoms with Crippen LogP contribution in [0, 0.1) is 15.9 Å². The van der Waals surface area contributed by atoms with Crippen LogP contribution in [-0.4, -0.2) is 41.6 Å². The van der Waals surface area contributed by atoms with Crippen LogP contribution in [0.4, 0.5) is 33.1 Å². The maximum atomic E-state index is 14.5. The summed E-state index contributed by atoms with van der Waals surface area (Å²) >= 11 is 1.86. The van der Waals surface area contributed by atoms with Crippen LogP contribution >= 0.6 is 11.8 Å². The molecule has 0 spiro atoms. The molecule has 3 rings (SSSR count). The van der Waals surface area contributed by atoms with Crippen molar-refractivity contribution in [1.82, 2.24) is 4.98 Å². The zero-order valence-electron chi connectivity index (χ0n) is 13.7. The minimum atomic E-state index is -0.523. The summed E-state index contributed by atoms with van der Waals surface area (Å²) in [6.45, 7) is 1.62. The molecule has 0 amide bonds. The van der Waals surface area contributed by atoms with E-state index in [4.69, 9.17) is 0 Å². The van der Waals surface area contributed by atoms with E-state index in [2.05, 4.69) is 15.6 Å². The molecule has 0 aliphatic carbocycles. The number of nitro groups is 1. The Morgan fingerprint density at radius 3 is 2.68 bits per heavy atom. The number of aromatic nitrogens is 1. The first-order valence-corrected chi connectivity index (χ1v) is 8.96. The average Bonchev–Trinajstić information content (AvgIpc) is 2.62. The van der Waals surface area contributed by atoms with Crippen molar-refractivity contribution in [3.63, 3.8) is 0 Å². The van der Waals surface area contributed by atoms with Gasteiger partial charge in [0, 0.05) is 43.4 Å². The maximum Gasteiger partial charge on any atom is 0.311 e. The number of nitrogens with zero attached hydrogens (tertiary/aromatic N) is 3. The Hall–Kier alpha value is -2.55. The Morgan fingerprint density at radius 2 is 2.04 bits per heavy atom. The SMILES string of the molecule is CNc1ccc([N+](=O)[O-])c(Nc2ccc(N3CCSCC3)c(F)c2)n1. The van der Waals surface area contributed by atoms with Gasteiger partial charge in [0.25, 0.3) is 0 Å². The van der Waals surface area contributed by atoms with Crippen molar-refractivity contribution >= 4 is 40.5 Å². The van der Waals surface area contributed by atoms with Crippen LogP contribution in [-0.2, 0) is 0 Å². The van der Waals surface area contributed by atoms with Gasteiger partial charge in [0.15, 0.2) is 0 Å². The van der Waals surface area contributed by atoms with Crippen molar-refractivity contribution in [2.45, 2.75) is 0 Å². The lowest BCUT2D eigenvalue weighted by molar-refractivity contribution is -0.384. The van der Waals surface area contributed by atoms with Gasteiger partial charge >= 0.3 is 5.69 Å². The predicted molar refractivity (Wildman–Crippen MR) is 99.7 cm³/mol. The number of nitrogens with one attached hydrogen (secondary N) is 2. The number of hydrogen-bond donors (Lipinski definition) is 2. The zero-order valence-corrected chi connectivity index (χ0v) is 14.5. The molecule has 0 unspecified atom stereocenters. The summed E-state index contributed by atoms with van der Waals surface area (Å²) in [5.74, 6) is 2.15. The highest BCUT2D eigenvalue weighted by Gasteiger charge is 2.18. The molecule has 25 heavy (non-hydrogen) atoms. The number of hydrogen-bond acceptors (Lipinski definition) is 7. The summed E-state index contributed by atoms with van der Waals surface area (Å²) in [5.41, 5.74) is 0.797. The molecule has 1 aromatic heterocycles. The van der Waals surface area contributed by atoms with E-state index < -0.39 is 4.92 Å². The van der Waals surface area contributed by atoms with Gasteiger partial charge in [-0.15, -0.1) is 0 Å². The van der Waals surface area contributed by atoms with Crippen molar-refractivity contribution in [3.8, 4) is 0 Å². The van der Waals surface area contributed by atoms with Gasteiger partial charge in [0.05, 0.1) is 10.6 Å². The fourth-order valence-electron chi connectivity index (χ4n) is 2.61. The summed E-state index contributed by atoms with van der Waals surface area (Å²) < 4.78 is 14.5. The number of halogens is 1. The Kier molecular flexibility index (Phi) is 5.22. The topological polar surface area (TPSA) is 83.3 Å². The van der Waals surface area contributed by atoms with E-state index in [9.17, 15) is 14.5 Å². The molecule has 1 fully saturated rings. The van der Waals surface area contributed by atoms with Gasteiger partial charge in [-0.3, -0.25) is 10.1 Å². The van der Waals surface area contributed by atoms with E-state index in [1.807, 2.05) is 16.7 Å². The summed E-state index contributed by atoms with van der Waals surface area (Å²) in [6.07, 6.45) is 0. The standard InChI is InChI=1S/C16H18FN5O2S/c1-18-15-5-4-14(22(23)24)16(20-15)19-11-2-3-13(12(17)10-11)21-6-8-25-9-7-21/h2-5,10H,6-9H2,1H3,(H2,18,19,20). The lowest BCUT2D eigenvalue weighted by atomic mass is 10.2. The van der Waals surface area contributed by atoms with Crippen molar-refractivity contribution < 1.29 is 9.31 Å². The first kappa shape index (κ1) is 17.3. The predicted octanol–water partition coefficient (Wildman–Crippen LogP) is 3.47. The first-order valence-electron chi connectivity index (χ1n) is 7.81. The van der Waals surface area contributed by atoms with Gasteiger partial charge in [0.1, 0.15) is 11.6 Å². The van der Waals surface area contributed by atoms with Gasteiger partial charge in [0.2, 0.25) is 5.82 Å². The molecule has 9 heteroatoms. The van der Waals surface area contributed by atoms with Crippen LogP contribution in [0.25, 0.3) is 0 Å². The Labute approximate surface area is 148 Å². The molecule has 1 aliphatic rings. The van der Waals surface area contributed by atoms with Crippen LogP contribution in [0.2, 0.25) is 0 Å². The Morgan fingerprint density at radius 1 is 1.28 bits per heavy atom. The zero-order chi connectivity index (χ0) is 17.8. The van der Waals surface area contributed by atoms with Crippen LogP contribution in [0.15, 0.2) is 30.3 Å². The molecule has 0 saturated carbocycles. The molecule has 0 radical (unpaired) electrons. The Balaban J connectivity index is 1.86. The quantitative estimate of drug-likeness (QED) is 0.622. The lowest BCUT2D eigenvalue weighted by Crippen LogP contribution is -2.33. The van der Waals surface area contributed by atoms with E-state index in [1.54, 1.807) is 19.2 Å². The van der Waals surface area contributed by atoms with Crippen LogP contribution < -0.4 is 15.5 Å².